The minimum atomic E-state index is -0.254. The second kappa shape index (κ2) is 11.4. The summed E-state index contributed by atoms with van der Waals surface area (Å²) in [7, 11) is 1.62. The number of benzene rings is 3. The summed E-state index contributed by atoms with van der Waals surface area (Å²) in [4.78, 5) is 12.4. The number of nitrogens with one attached hydrogen (secondary N) is 1. The first kappa shape index (κ1) is 24.1. The average Bonchev–Trinajstić information content (AvgIpc) is 3.30. The minimum Gasteiger partial charge on any atom is -0.496 e. The molecule has 0 saturated carbocycles. The highest BCUT2D eigenvalue weighted by atomic mass is 35.5. The van der Waals surface area contributed by atoms with Gasteiger partial charge in [0.25, 0.3) is 0 Å². The Bertz CT molecular complexity index is 1330. The highest BCUT2D eigenvalue weighted by Crippen LogP contribution is 2.23. The fraction of sp³-hybridized carbons (Fsp3) is 0.143. The predicted molar refractivity (Wildman–Crippen MR) is 139 cm³/mol. The lowest BCUT2D eigenvalue weighted by Crippen LogP contribution is -2.07. The van der Waals surface area contributed by atoms with Gasteiger partial charge in [0.05, 0.1) is 25.5 Å². The molecule has 4 aromatic rings. The molecule has 1 N–H and O–H groups in total. The van der Waals surface area contributed by atoms with Gasteiger partial charge in [0.1, 0.15) is 18.1 Å². The van der Waals surface area contributed by atoms with Gasteiger partial charge in [-0.3, -0.25) is 9.48 Å². The van der Waals surface area contributed by atoms with Crippen LogP contribution in [0.1, 0.15) is 22.3 Å². The lowest BCUT2D eigenvalue weighted by Gasteiger charge is -2.11. The maximum absolute atomic E-state index is 12.4. The van der Waals surface area contributed by atoms with Gasteiger partial charge in [-0.05, 0) is 54.5 Å². The molecule has 0 fully saturated rings. The van der Waals surface area contributed by atoms with Gasteiger partial charge < -0.3 is 14.8 Å². The molecule has 6 nitrogen and oxygen atoms in total. The van der Waals surface area contributed by atoms with E-state index in [0.717, 1.165) is 28.2 Å². The molecule has 3 aromatic carbocycles. The van der Waals surface area contributed by atoms with Crippen LogP contribution in [0.5, 0.6) is 11.5 Å². The van der Waals surface area contributed by atoms with Crippen molar-refractivity contribution in [1.82, 2.24) is 9.78 Å². The molecule has 0 atom stereocenters. The van der Waals surface area contributed by atoms with E-state index in [4.69, 9.17) is 21.1 Å². The smallest absolute Gasteiger partial charge is 0.248 e. The van der Waals surface area contributed by atoms with Crippen molar-refractivity contribution in [2.45, 2.75) is 20.1 Å². The van der Waals surface area contributed by atoms with Crippen LogP contribution in [0.4, 0.5) is 5.69 Å². The van der Waals surface area contributed by atoms with Crippen molar-refractivity contribution < 1.29 is 14.3 Å². The molecule has 4 rings (SSSR count). The van der Waals surface area contributed by atoms with Crippen LogP contribution in [-0.4, -0.2) is 22.8 Å². The molecular formula is C28H26ClN3O3. The highest BCUT2D eigenvalue weighted by molar-refractivity contribution is 6.31. The van der Waals surface area contributed by atoms with Crippen LogP contribution in [0.15, 0.2) is 85.2 Å². The van der Waals surface area contributed by atoms with Crippen molar-refractivity contribution in [3.05, 3.63) is 112 Å². The van der Waals surface area contributed by atoms with E-state index in [-0.39, 0.29) is 5.91 Å². The molecule has 0 unspecified atom stereocenters. The van der Waals surface area contributed by atoms with E-state index in [1.165, 1.54) is 11.6 Å². The maximum atomic E-state index is 12.4. The number of aryl methyl sites for hydroxylation is 1. The third-order valence-corrected chi connectivity index (χ3v) is 5.71. The van der Waals surface area contributed by atoms with Gasteiger partial charge in [-0.2, -0.15) is 5.10 Å². The van der Waals surface area contributed by atoms with Crippen molar-refractivity contribution in [1.29, 1.82) is 0 Å². The standard InChI is InChI=1S/C28H26ClN3O3/c1-20-7-11-25(12-8-20)35-19-23-15-21(9-13-27(23)34-2)10-14-28(33)31-24-16-30-32(18-24)17-22-5-3-4-6-26(22)29/h3-16,18H,17,19H2,1-2H3,(H,31,33)/b14-10+. The van der Waals surface area contributed by atoms with E-state index in [1.807, 2.05) is 73.7 Å². The summed E-state index contributed by atoms with van der Waals surface area (Å²) in [5.74, 6) is 1.26. The molecular weight excluding hydrogens is 462 g/mol. The Hall–Kier alpha value is -4.03. The first-order chi connectivity index (χ1) is 17.0. The molecule has 0 aliphatic heterocycles. The minimum absolute atomic E-state index is 0.254. The van der Waals surface area contributed by atoms with E-state index in [9.17, 15) is 4.79 Å². The Morgan fingerprint density at radius 1 is 1.09 bits per heavy atom. The zero-order valence-corrected chi connectivity index (χ0v) is 20.3. The van der Waals surface area contributed by atoms with Crippen LogP contribution in [0, 0.1) is 6.92 Å². The summed E-state index contributed by atoms with van der Waals surface area (Å²) in [5.41, 5.74) is 4.48. The molecule has 0 aliphatic carbocycles. The molecule has 7 heteroatoms. The maximum Gasteiger partial charge on any atom is 0.248 e. The molecule has 0 spiro atoms. The average molecular weight is 488 g/mol. The van der Waals surface area contributed by atoms with E-state index >= 15 is 0 Å². The van der Waals surface area contributed by atoms with Crippen LogP contribution in [0.25, 0.3) is 6.08 Å². The van der Waals surface area contributed by atoms with Crippen LogP contribution in [-0.2, 0) is 17.9 Å². The van der Waals surface area contributed by atoms with Gasteiger partial charge in [0.2, 0.25) is 5.91 Å². The second-order valence-electron chi connectivity index (χ2n) is 8.01. The third-order valence-electron chi connectivity index (χ3n) is 5.34. The van der Waals surface area contributed by atoms with E-state index in [0.29, 0.717) is 23.9 Å². The number of anilines is 1. The Kier molecular flexibility index (Phi) is 7.85. The van der Waals surface area contributed by atoms with Gasteiger partial charge in [-0.15, -0.1) is 0 Å². The zero-order chi connectivity index (χ0) is 24.6. The van der Waals surface area contributed by atoms with Crippen molar-refractivity contribution in [3.63, 3.8) is 0 Å². The molecule has 0 aliphatic rings. The summed E-state index contributed by atoms with van der Waals surface area (Å²) >= 11 is 6.22. The molecule has 1 aromatic heterocycles. The molecule has 0 bridgehead atoms. The number of hydrogen-bond donors (Lipinski definition) is 1. The molecule has 1 amide bonds. The monoisotopic (exact) mass is 487 g/mol. The Morgan fingerprint density at radius 3 is 2.66 bits per heavy atom. The van der Waals surface area contributed by atoms with Gasteiger partial charge in [0.15, 0.2) is 0 Å². The van der Waals surface area contributed by atoms with Crippen LogP contribution in [0.2, 0.25) is 5.02 Å². The van der Waals surface area contributed by atoms with Gasteiger partial charge in [-0.25, -0.2) is 0 Å². The number of methoxy groups -OCH3 is 1. The number of hydrogen-bond acceptors (Lipinski definition) is 4. The number of carbonyl (C=O) groups excluding carboxylic acids is 1. The fourth-order valence-electron chi connectivity index (χ4n) is 3.48. The molecule has 35 heavy (non-hydrogen) atoms. The summed E-state index contributed by atoms with van der Waals surface area (Å²) in [6, 6.07) is 21.2. The first-order valence-corrected chi connectivity index (χ1v) is 11.5. The van der Waals surface area contributed by atoms with E-state index < -0.39 is 0 Å². The fourth-order valence-corrected chi connectivity index (χ4v) is 3.68. The lowest BCUT2D eigenvalue weighted by molar-refractivity contribution is -0.111. The van der Waals surface area contributed by atoms with Crippen molar-refractivity contribution >= 4 is 29.3 Å². The van der Waals surface area contributed by atoms with E-state index in [1.54, 1.807) is 30.3 Å². The Morgan fingerprint density at radius 2 is 1.89 bits per heavy atom. The Balaban J connectivity index is 1.37. The molecule has 178 valence electrons. The molecule has 0 saturated heterocycles. The van der Waals surface area contributed by atoms with Gasteiger partial charge >= 0.3 is 0 Å². The largest absolute Gasteiger partial charge is 0.496 e. The molecule has 0 radical (unpaired) electrons. The van der Waals surface area contributed by atoms with Crippen molar-refractivity contribution in [2.75, 3.05) is 12.4 Å². The third kappa shape index (κ3) is 6.74. The van der Waals surface area contributed by atoms with Crippen LogP contribution in [0.3, 0.4) is 0 Å². The van der Waals surface area contributed by atoms with Crippen LogP contribution >= 0.6 is 11.6 Å². The van der Waals surface area contributed by atoms with Gasteiger partial charge in [-0.1, -0.05) is 53.6 Å². The second-order valence-corrected chi connectivity index (χ2v) is 8.42. The van der Waals surface area contributed by atoms with E-state index in [2.05, 4.69) is 10.4 Å². The van der Waals surface area contributed by atoms with Crippen molar-refractivity contribution in [3.8, 4) is 11.5 Å². The topological polar surface area (TPSA) is 65.4 Å². The number of nitrogens with zero attached hydrogens (tertiary/aromatic N) is 2. The number of aromatic nitrogens is 2. The number of ether oxygens (including phenoxy) is 2. The zero-order valence-electron chi connectivity index (χ0n) is 19.6. The normalized spacial score (nSPS) is 10.9. The van der Waals surface area contributed by atoms with Gasteiger partial charge in [0, 0.05) is 22.9 Å². The number of carbonyl (C=O) groups is 1. The number of rotatable bonds is 9. The quantitative estimate of drug-likeness (QED) is 0.288. The number of amides is 1. The summed E-state index contributed by atoms with van der Waals surface area (Å²) in [6.07, 6.45) is 6.61. The summed E-state index contributed by atoms with van der Waals surface area (Å²) in [6.45, 7) is 2.90. The SMILES string of the molecule is COc1ccc(/C=C/C(=O)Nc2cnn(Cc3ccccc3Cl)c2)cc1COc1ccc(C)cc1. The number of halogens is 1. The van der Waals surface area contributed by atoms with Crippen LogP contribution < -0.4 is 14.8 Å². The summed E-state index contributed by atoms with van der Waals surface area (Å²) < 4.78 is 13.1. The van der Waals surface area contributed by atoms with Crippen molar-refractivity contribution in [2.24, 2.45) is 0 Å². The predicted octanol–water partition coefficient (Wildman–Crippen LogP) is 6.13. The summed E-state index contributed by atoms with van der Waals surface area (Å²) in [5, 5.41) is 7.81. The first-order valence-electron chi connectivity index (χ1n) is 11.1. The Labute approximate surface area is 209 Å². The lowest BCUT2D eigenvalue weighted by atomic mass is 10.1. The molecule has 1 heterocycles. The highest BCUT2D eigenvalue weighted by Gasteiger charge is 2.07.